The van der Waals surface area contributed by atoms with Crippen LogP contribution in [0.5, 0.6) is 0 Å². The normalized spacial score (nSPS) is 30.7. The lowest BCUT2D eigenvalue weighted by Gasteiger charge is -2.34. The molecule has 1 heterocycles. The van der Waals surface area contributed by atoms with Crippen LogP contribution in [0.15, 0.2) is 101 Å². The Balaban J connectivity index is 1.68. The summed E-state index contributed by atoms with van der Waals surface area (Å²) in [5.74, 6) is 0.683. The molecule has 2 aromatic rings. The summed E-state index contributed by atoms with van der Waals surface area (Å²) in [4.78, 5) is 5.14. The van der Waals surface area contributed by atoms with Gasteiger partial charge in [0.25, 0.3) is 0 Å². The topological polar surface area (TPSA) is 47.6 Å². The molecule has 0 bridgehead atoms. The number of hydrogen-bond donors (Lipinski definition) is 1. The highest BCUT2D eigenvalue weighted by atomic mass is 16.5. The summed E-state index contributed by atoms with van der Waals surface area (Å²) in [5.41, 5.74) is 10.1. The molecule has 0 saturated carbocycles. The van der Waals surface area contributed by atoms with E-state index in [9.17, 15) is 0 Å². The maximum absolute atomic E-state index is 6.79. The van der Waals surface area contributed by atoms with Crippen LogP contribution in [0.2, 0.25) is 0 Å². The lowest BCUT2D eigenvalue weighted by molar-refractivity contribution is 0.0960. The number of aliphatic imine (C=N–C) groups is 1. The summed E-state index contributed by atoms with van der Waals surface area (Å²) in [7, 11) is 0. The number of benzene rings is 2. The quantitative estimate of drug-likeness (QED) is 0.899. The number of fused-ring (bicyclic) bond motifs is 3. The van der Waals surface area contributed by atoms with E-state index in [1.165, 1.54) is 5.56 Å². The van der Waals surface area contributed by atoms with Crippen LogP contribution in [0, 0.1) is 5.41 Å². The van der Waals surface area contributed by atoms with Gasteiger partial charge in [0.2, 0.25) is 5.90 Å². The molecule has 134 valence electrons. The fraction of sp³-hybridized carbons (Fsp3) is 0.208. The molecule has 5 rings (SSSR count). The first-order valence-corrected chi connectivity index (χ1v) is 9.36. The van der Waals surface area contributed by atoms with Crippen molar-refractivity contribution < 1.29 is 4.74 Å². The predicted molar refractivity (Wildman–Crippen MR) is 108 cm³/mol. The Kier molecular flexibility index (Phi) is 3.41. The molecule has 3 atom stereocenters. The second kappa shape index (κ2) is 5.71. The van der Waals surface area contributed by atoms with Crippen molar-refractivity contribution in [1.82, 2.24) is 0 Å². The summed E-state index contributed by atoms with van der Waals surface area (Å²) < 4.78 is 6.53. The Labute approximate surface area is 159 Å². The number of rotatable bonds is 3. The number of allylic oxidation sites excluding steroid dienone is 3. The molecular formula is C24H22N2O. The van der Waals surface area contributed by atoms with Crippen LogP contribution in [0.3, 0.4) is 0 Å². The third-order valence-corrected chi connectivity index (χ3v) is 6.00. The standard InChI is InChI=1S/C24H22N2O/c1-23-15-9-8-14-19(23)20(25)24(16-17-10-4-2-5-11-17)22(23)27-21(26-24)18-12-6-3-7-13-18/h2-15,22H,16,25H2,1H3/t22-,23?,24+/m0/s1. The summed E-state index contributed by atoms with van der Waals surface area (Å²) in [6.07, 6.45) is 9.01. The van der Waals surface area contributed by atoms with Gasteiger partial charge in [0.05, 0.1) is 5.41 Å². The lowest BCUT2D eigenvalue weighted by Crippen LogP contribution is -2.46. The highest BCUT2D eigenvalue weighted by Crippen LogP contribution is 2.56. The average Bonchev–Trinajstić information content (AvgIpc) is 3.17. The summed E-state index contributed by atoms with van der Waals surface area (Å²) >= 11 is 0. The highest BCUT2D eigenvalue weighted by molar-refractivity contribution is 5.96. The largest absolute Gasteiger partial charge is 0.470 e. The van der Waals surface area contributed by atoms with Crippen LogP contribution >= 0.6 is 0 Å². The SMILES string of the molecule is CC12C=CC=CC1=C(N)[C@@]1(Cc3ccccc3)N=C(c3ccccc3)O[C@@H]21. The zero-order chi connectivity index (χ0) is 18.5. The second-order valence-corrected chi connectivity index (χ2v) is 7.70. The molecule has 2 aliphatic carbocycles. The monoisotopic (exact) mass is 354 g/mol. The van der Waals surface area contributed by atoms with Crippen LogP contribution in [0.25, 0.3) is 0 Å². The lowest BCUT2D eigenvalue weighted by atomic mass is 9.74. The van der Waals surface area contributed by atoms with Gasteiger partial charge in [-0.15, -0.1) is 0 Å². The fourth-order valence-electron chi connectivity index (χ4n) is 4.66. The Morgan fingerprint density at radius 3 is 2.44 bits per heavy atom. The molecule has 1 aliphatic heterocycles. The van der Waals surface area contributed by atoms with E-state index in [0.717, 1.165) is 23.3 Å². The van der Waals surface area contributed by atoms with Crippen molar-refractivity contribution in [2.24, 2.45) is 16.1 Å². The number of nitrogens with zero attached hydrogens (tertiary/aromatic N) is 1. The van der Waals surface area contributed by atoms with E-state index < -0.39 is 5.54 Å². The zero-order valence-electron chi connectivity index (χ0n) is 15.3. The molecule has 1 unspecified atom stereocenters. The summed E-state index contributed by atoms with van der Waals surface area (Å²) in [6, 6.07) is 20.5. The second-order valence-electron chi connectivity index (χ2n) is 7.70. The first-order valence-electron chi connectivity index (χ1n) is 9.36. The van der Waals surface area contributed by atoms with Gasteiger partial charge in [-0.2, -0.15) is 0 Å². The molecule has 3 nitrogen and oxygen atoms in total. The first-order chi connectivity index (χ1) is 13.1. The van der Waals surface area contributed by atoms with Crippen molar-refractivity contribution in [2.75, 3.05) is 0 Å². The van der Waals surface area contributed by atoms with Gasteiger partial charge in [-0.25, -0.2) is 4.99 Å². The van der Waals surface area contributed by atoms with Crippen molar-refractivity contribution in [3.05, 3.63) is 107 Å². The van der Waals surface area contributed by atoms with E-state index in [2.05, 4.69) is 49.4 Å². The first kappa shape index (κ1) is 16.1. The van der Waals surface area contributed by atoms with Gasteiger partial charge in [-0.1, -0.05) is 72.8 Å². The maximum Gasteiger partial charge on any atom is 0.217 e. The van der Waals surface area contributed by atoms with E-state index in [4.69, 9.17) is 15.5 Å². The minimum atomic E-state index is -0.588. The molecule has 0 fully saturated rings. The summed E-state index contributed by atoms with van der Waals surface area (Å²) in [6.45, 7) is 2.20. The van der Waals surface area contributed by atoms with Crippen LogP contribution in [0.4, 0.5) is 0 Å². The zero-order valence-corrected chi connectivity index (χ0v) is 15.3. The third kappa shape index (κ3) is 2.24. The molecule has 2 N–H and O–H groups in total. The minimum Gasteiger partial charge on any atom is -0.470 e. The fourth-order valence-corrected chi connectivity index (χ4v) is 4.66. The Morgan fingerprint density at radius 2 is 1.70 bits per heavy atom. The van der Waals surface area contributed by atoms with Crippen molar-refractivity contribution in [3.63, 3.8) is 0 Å². The van der Waals surface area contributed by atoms with E-state index in [0.29, 0.717) is 5.90 Å². The molecule has 27 heavy (non-hydrogen) atoms. The molecule has 0 aromatic heterocycles. The highest BCUT2D eigenvalue weighted by Gasteiger charge is 2.63. The number of hydrogen-bond acceptors (Lipinski definition) is 3. The molecule has 2 aromatic carbocycles. The van der Waals surface area contributed by atoms with E-state index in [1.54, 1.807) is 0 Å². The van der Waals surface area contributed by atoms with Crippen LogP contribution in [-0.2, 0) is 11.2 Å². The molecule has 0 radical (unpaired) electrons. The minimum absolute atomic E-state index is 0.156. The van der Waals surface area contributed by atoms with Gasteiger partial charge in [-0.3, -0.25) is 0 Å². The molecule has 0 spiro atoms. The molecule has 3 heteroatoms. The van der Waals surface area contributed by atoms with Crippen LogP contribution in [-0.4, -0.2) is 17.5 Å². The van der Waals surface area contributed by atoms with Gasteiger partial charge < -0.3 is 10.5 Å². The van der Waals surface area contributed by atoms with Gasteiger partial charge in [0.1, 0.15) is 11.6 Å². The van der Waals surface area contributed by atoms with Gasteiger partial charge >= 0.3 is 0 Å². The third-order valence-electron chi connectivity index (χ3n) is 6.00. The van der Waals surface area contributed by atoms with E-state index in [1.807, 2.05) is 42.5 Å². The van der Waals surface area contributed by atoms with E-state index in [-0.39, 0.29) is 11.5 Å². The Hall–Kier alpha value is -3.07. The molecule has 0 amide bonds. The summed E-state index contributed by atoms with van der Waals surface area (Å²) in [5, 5.41) is 0. The molecule has 3 aliphatic rings. The van der Waals surface area contributed by atoms with Crippen LogP contribution < -0.4 is 5.73 Å². The van der Waals surface area contributed by atoms with Gasteiger partial charge in [-0.05, 0) is 30.2 Å². The van der Waals surface area contributed by atoms with Crippen molar-refractivity contribution in [1.29, 1.82) is 0 Å². The Bertz CT molecular complexity index is 1000. The predicted octanol–water partition coefficient (Wildman–Crippen LogP) is 4.17. The number of nitrogens with two attached hydrogens (primary N) is 1. The van der Waals surface area contributed by atoms with Crippen molar-refractivity contribution >= 4 is 5.90 Å². The maximum atomic E-state index is 6.79. The smallest absolute Gasteiger partial charge is 0.217 e. The Morgan fingerprint density at radius 1 is 1.00 bits per heavy atom. The number of ether oxygens (including phenoxy) is 1. The average molecular weight is 354 g/mol. The van der Waals surface area contributed by atoms with E-state index >= 15 is 0 Å². The van der Waals surface area contributed by atoms with Crippen molar-refractivity contribution in [2.45, 2.75) is 25.0 Å². The van der Waals surface area contributed by atoms with Crippen molar-refractivity contribution in [3.8, 4) is 0 Å². The molecule has 0 saturated heterocycles. The van der Waals surface area contributed by atoms with Crippen LogP contribution in [0.1, 0.15) is 18.1 Å². The van der Waals surface area contributed by atoms with Gasteiger partial charge in [0, 0.05) is 17.7 Å². The molecular weight excluding hydrogens is 332 g/mol. The van der Waals surface area contributed by atoms with Gasteiger partial charge in [0.15, 0.2) is 0 Å².